The molecule has 1 aromatic carbocycles. The van der Waals surface area contributed by atoms with Crippen LogP contribution >= 0.6 is 0 Å². The van der Waals surface area contributed by atoms with E-state index in [-0.39, 0.29) is 0 Å². The maximum atomic E-state index is 12.9. The molecule has 0 aliphatic heterocycles. The van der Waals surface area contributed by atoms with Crippen LogP contribution < -0.4 is 5.32 Å². The van der Waals surface area contributed by atoms with E-state index < -0.39 is 17.6 Å². The molecule has 0 saturated heterocycles. The van der Waals surface area contributed by atoms with Crippen LogP contribution in [0, 0.1) is 5.82 Å². The highest BCUT2D eigenvalue weighted by atomic mass is 19.4. The van der Waals surface area contributed by atoms with E-state index in [1.165, 1.54) is 12.1 Å². The molecule has 0 heterocycles. The van der Waals surface area contributed by atoms with Gasteiger partial charge in [0.15, 0.2) is 0 Å². The van der Waals surface area contributed by atoms with E-state index in [9.17, 15) is 17.6 Å². The zero-order valence-corrected chi connectivity index (χ0v) is 9.31. The second kappa shape index (κ2) is 5.70. The molecule has 0 aromatic heterocycles. The van der Waals surface area contributed by atoms with Crippen molar-refractivity contribution in [2.45, 2.75) is 19.5 Å². The van der Waals surface area contributed by atoms with Crippen molar-refractivity contribution < 1.29 is 17.6 Å². The quantitative estimate of drug-likeness (QED) is 0.630. The van der Waals surface area contributed by atoms with Crippen molar-refractivity contribution in [1.82, 2.24) is 5.32 Å². The Morgan fingerprint density at radius 2 is 2.00 bits per heavy atom. The average Bonchev–Trinajstić information content (AvgIpc) is 2.25. The molecule has 0 amide bonds. The SMILES string of the molecule is CCCN/C=C/c1ccc(F)c(C(F)(F)F)c1. The smallest absolute Gasteiger partial charge is 0.391 e. The lowest BCUT2D eigenvalue weighted by molar-refractivity contribution is -0.140. The molecule has 0 bridgehead atoms. The number of benzene rings is 1. The molecule has 1 rings (SSSR count). The lowest BCUT2D eigenvalue weighted by Gasteiger charge is -2.08. The van der Waals surface area contributed by atoms with Crippen LogP contribution in [0.3, 0.4) is 0 Å². The summed E-state index contributed by atoms with van der Waals surface area (Å²) in [5.74, 6) is -1.25. The fourth-order valence-electron chi connectivity index (χ4n) is 1.25. The van der Waals surface area contributed by atoms with Gasteiger partial charge in [-0.1, -0.05) is 13.0 Å². The number of halogens is 4. The number of nitrogens with one attached hydrogen (secondary N) is 1. The highest BCUT2D eigenvalue weighted by Gasteiger charge is 2.33. The first-order valence-corrected chi connectivity index (χ1v) is 5.22. The molecule has 0 spiro atoms. The van der Waals surface area contributed by atoms with E-state index in [2.05, 4.69) is 5.32 Å². The van der Waals surface area contributed by atoms with Crippen LogP contribution in [0.2, 0.25) is 0 Å². The minimum absolute atomic E-state index is 0.308. The molecular formula is C12H13F4N. The highest BCUT2D eigenvalue weighted by Crippen LogP contribution is 2.32. The summed E-state index contributed by atoms with van der Waals surface area (Å²) in [5.41, 5.74) is -0.933. The molecule has 0 saturated carbocycles. The zero-order chi connectivity index (χ0) is 12.9. The van der Waals surface area contributed by atoms with Gasteiger partial charge in [0.05, 0.1) is 5.56 Å². The van der Waals surface area contributed by atoms with Crippen molar-refractivity contribution in [1.29, 1.82) is 0 Å². The Bertz CT molecular complexity index is 396. The first kappa shape index (κ1) is 13.5. The van der Waals surface area contributed by atoms with Gasteiger partial charge in [-0.25, -0.2) is 4.39 Å². The Morgan fingerprint density at radius 1 is 1.29 bits per heavy atom. The Morgan fingerprint density at radius 3 is 2.59 bits per heavy atom. The molecule has 94 valence electrons. The van der Waals surface area contributed by atoms with E-state index in [1.807, 2.05) is 6.92 Å². The molecule has 1 N–H and O–H groups in total. The number of hydrogen-bond acceptors (Lipinski definition) is 1. The van der Waals surface area contributed by atoms with Crippen LogP contribution in [0.15, 0.2) is 24.4 Å². The minimum atomic E-state index is -4.66. The van der Waals surface area contributed by atoms with E-state index in [0.29, 0.717) is 5.56 Å². The van der Waals surface area contributed by atoms with E-state index in [4.69, 9.17) is 0 Å². The summed E-state index contributed by atoms with van der Waals surface area (Å²) in [6.45, 7) is 2.71. The molecule has 17 heavy (non-hydrogen) atoms. The van der Waals surface area contributed by atoms with Gasteiger partial charge in [-0.2, -0.15) is 13.2 Å². The summed E-state index contributed by atoms with van der Waals surface area (Å²) in [7, 11) is 0. The van der Waals surface area contributed by atoms with E-state index >= 15 is 0 Å². The molecule has 0 radical (unpaired) electrons. The molecule has 1 aromatic rings. The highest BCUT2D eigenvalue weighted by molar-refractivity contribution is 5.50. The molecular weight excluding hydrogens is 234 g/mol. The molecule has 1 nitrogen and oxygen atoms in total. The van der Waals surface area contributed by atoms with Crippen molar-refractivity contribution in [2.24, 2.45) is 0 Å². The first-order valence-electron chi connectivity index (χ1n) is 5.22. The molecule has 5 heteroatoms. The molecule has 0 aliphatic rings. The van der Waals surface area contributed by atoms with Crippen LogP contribution in [0.4, 0.5) is 17.6 Å². The van der Waals surface area contributed by atoms with Crippen molar-refractivity contribution >= 4 is 6.08 Å². The number of alkyl halides is 3. The topological polar surface area (TPSA) is 12.0 Å². The Hall–Kier alpha value is -1.52. The third-order valence-corrected chi connectivity index (χ3v) is 2.08. The standard InChI is InChI=1S/C12H13F4N/c1-2-6-17-7-5-9-3-4-11(13)10(8-9)12(14,15)16/h3-5,7-8,17H,2,6H2,1H3/b7-5+. The van der Waals surface area contributed by atoms with Crippen molar-refractivity contribution in [3.63, 3.8) is 0 Å². The second-order valence-corrected chi connectivity index (χ2v) is 3.52. The fourth-order valence-corrected chi connectivity index (χ4v) is 1.25. The average molecular weight is 247 g/mol. The van der Waals surface area contributed by atoms with Gasteiger partial charge in [0.25, 0.3) is 0 Å². The van der Waals surface area contributed by atoms with Crippen molar-refractivity contribution in [2.75, 3.05) is 6.54 Å². The lowest BCUT2D eigenvalue weighted by Crippen LogP contribution is -2.08. The lowest BCUT2D eigenvalue weighted by atomic mass is 10.1. The summed E-state index contributed by atoms with van der Waals surface area (Å²) in [5, 5.41) is 2.90. The van der Waals surface area contributed by atoms with Gasteiger partial charge < -0.3 is 5.32 Å². The van der Waals surface area contributed by atoms with Gasteiger partial charge in [-0.3, -0.25) is 0 Å². The van der Waals surface area contributed by atoms with E-state index in [0.717, 1.165) is 25.1 Å². The van der Waals surface area contributed by atoms with Gasteiger partial charge >= 0.3 is 6.18 Å². The summed E-state index contributed by atoms with van der Waals surface area (Å²) >= 11 is 0. The first-order chi connectivity index (χ1) is 7.95. The summed E-state index contributed by atoms with van der Waals surface area (Å²) in [6.07, 6.45) is -0.715. The van der Waals surface area contributed by atoms with Gasteiger partial charge in [0.1, 0.15) is 5.82 Å². The molecule has 0 atom stereocenters. The van der Waals surface area contributed by atoms with Crippen LogP contribution in [-0.2, 0) is 6.18 Å². The third kappa shape index (κ3) is 4.09. The summed E-state index contributed by atoms with van der Waals surface area (Å²) in [6, 6.07) is 2.91. The Kier molecular flexibility index (Phi) is 4.54. The summed E-state index contributed by atoms with van der Waals surface area (Å²) in [4.78, 5) is 0. The third-order valence-electron chi connectivity index (χ3n) is 2.08. The largest absolute Gasteiger partial charge is 0.419 e. The molecule has 0 fully saturated rings. The Labute approximate surface area is 97.1 Å². The predicted molar refractivity (Wildman–Crippen MR) is 58.7 cm³/mol. The second-order valence-electron chi connectivity index (χ2n) is 3.52. The van der Waals surface area contributed by atoms with Crippen LogP contribution in [0.25, 0.3) is 6.08 Å². The van der Waals surface area contributed by atoms with Gasteiger partial charge in [-0.05, 0) is 36.4 Å². The van der Waals surface area contributed by atoms with Crippen LogP contribution in [0.1, 0.15) is 24.5 Å². The summed E-state index contributed by atoms with van der Waals surface area (Å²) < 4.78 is 50.1. The van der Waals surface area contributed by atoms with Gasteiger partial charge in [0.2, 0.25) is 0 Å². The van der Waals surface area contributed by atoms with Crippen molar-refractivity contribution in [3.8, 4) is 0 Å². The van der Waals surface area contributed by atoms with Crippen molar-refractivity contribution in [3.05, 3.63) is 41.3 Å². The fraction of sp³-hybridized carbons (Fsp3) is 0.333. The maximum absolute atomic E-state index is 12.9. The van der Waals surface area contributed by atoms with Gasteiger partial charge in [-0.15, -0.1) is 0 Å². The zero-order valence-electron chi connectivity index (χ0n) is 9.31. The van der Waals surface area contributed by atoms with Crippen LogP contribution in [-0.4, -0.2) is 6.54 Å². The van der Waals surface area contributed by atoms with E-state index in [1.54, 1.807) is 6.20 Å². The normalized spacial score (nSPS) is 12.1. The predicted octanol–water partition coefficient (Wildman–Crippen LogP) is 3.81. The van der Waals surface area contributed by atoms with Crippen LogP contribution in [0.5, 0.6) is 0 Å². The molecule has 0 aliphatic carbocycles. The minimum Gasteiger partial charge on any atom is -0.391 e. The van der Waals surface area contributed by atoms with Gasteiger partial charge in [0, 0.05) is 6.54 Å². The molecule has 0 unspecified atom stereocenters. The maximum Gasteiger partial charge on any atom is 0.419 e. The Balaban J connectivity index is 2.86. The number of rotatable bonds is 4. The monoisotopic (exact) mass is 247 g/mol. The number of hydrogen-bond donors (Lipinski definition) is 1.